The summed E-state index contributed by atoms with van der Waals surface area (Å²) < 4.78 is 39.5. The molecule has 1 rings (SSSR count). The molecule has 6 nitrogen and oxygen atoms in total. The van der Waals surface area contributed by atoms with Crippen molar-refractivity contribution in [1.82, 2.24) is 4.72 Å². The van der Waals surface area contributed by atoms with Crippen LogP contribution in [0.25, 0.3) is 0 Å². The number of halogens is 1. The number of hydrogen-bond acceptors (Lipinski definition) is 5. The highest BCUT2D eigenvalue weighted by Crippen LogP contribution is 2.26. The van der Waals surface area contributed by atoms with Gasteiger partial charge in [-0.2, -0.15) is 16.2 Å². The Kier molecular flexibility index (Phi) is 6.37. The topological polar surface area (TPSA) is 89.3 Å². The molecule has 0 radical (unpaired) electrons. The van der Waals surface area contributed by atoms with E-state index in [-0.39, 0.29) is 6.54 Å². The van der Waals surface area contributed by atoms with Gasteiger partial charge in [0.1, 0.15) is 0 Å². The standard InChI is InChI=1S/C11H15FN2O4S2/c1-19-8-3-2-7-13-20(17,18)10-6-4-5-9(12)11(10)14(15)16/h4-6,13H,2-3,7-8H2,1H3. The third-order valence-electron chi connectivity index (χ3n) is 2.49. The van der Waals surface area contributed by atoms with Crippen LogP contribution in [0.1, 0.15) is 12.8 Å². The molecule has 0 fully saturated rings. The molecule has 112 valence electrons. The first-order valence-corrected chi connectivity index (χ1v) is 8.69. The van der Waals surface area contributed by atoms with Gasteiger partial charge < -0.3 is 0 Å². The monoisotopic (exact) mass is 322 g/mol. The van der Waals surface area contributed by atoms with E-state index in [1.165, 1.54) is 0 Å². The van der Waals surface area contributed by atoms with Crippen molar-refractivity contribution in [3.63, 3.8) is 0 Å². The number of nitrogens with one attached hydrogen (secondary N) is 1. The Morgan fingerprint density at radius 3 is 2.70 bits per heavy atom. The fourth-order valence-electron chi connectivity index (χ4n) is 1.55. The first-order chi connectivity index (χ1) is 9.40. The number of nitro benzene ring substituents is 1. The molecule has 0 heterocycles. The van der Waals surface area contributed by atoms with Gasteiger partial charge >= 0.3 is 5.69 Å². The van der Waals surface area contributed by atoms with Crippen LogP contribution in [-0.2, 0) is 10.0 Å². The van der Waals surface area contributed by atoms with E-state index in [1.807, 2.05) is 6.26 Å². The molecule has 0 bridgehead atoms. The second-order valence-corrected chi connectivity index (χ2v) is 6.66. The van der Waals surface area contributed by atoms with E-state index >= 15 is 0 Å². The van der Waals surface area contributed by atoms with E-state index in [4.69, 9.17) is 0 Å². The smallest absolute Gasteiger partial charge is 0.258 e. The van der Waals surface area contributed by atoms with Crippen molar-refractivity contribution in [2.45, 2.75) is 17.7 Å². The normalized spacial score (nSPS) is 11.5. The summed E-state index contributed by atoms with van der Waals surface area (Å²) in [5.41, 5.74) is -1.02. The molecule has 0 spiro atoms. The molecule has 1 aromatic rings. The van der Waals surface area contributed by atoms with Crippen LogP contribution < -0.4 is 4.72 Å². The Labute approximate surface area is 121 Å². The van der Waals surface area contributed by atoms with Gasteiger partial charge in [-0.05, 0) is 37.0 Å². The molecule has 0 aliphatic carbocycles. The molecule has 1 aromatic carbocycles. The average molecular weight is 322 g/mol. The van der Waals surface area contributed by atoms with Crippen molar-refractivity contribution < 1.29 is 17.7 Å². The van der Waals surface area contributed by atoms with Gasteiger partial charge in [-0.3, -0.25) is 10.1 Å². The highest BCUT2D eigenvalue weighted by atomic mass is 32.2. The van der Waals surface area contributed by atoms with Crippen molar-refractivity contribution in [2.75, 3.05) is 18.6 Å². The van der Waals surface area contributed by atoms with Crippen LogP contribution in [0.15, 0.2) is 23.1 Å². The van der Waals surface area contributed by atoms with Gasteiger partial charge in [0.25, 0.3) is 0 Å². The number of benzene rings is 1. The predicted octanol–water partition coefficient (Wildman–Crippen LogP) is 2.16. The number of sulfonamides is 1. The highest BCUT2D eigenvalue weighted by molar-refractivity contribution is 7.98. The number of nitro groups is 1. The van der Waals surface area contributed by atoms with E-state index < -0.39 is 31.3 Å². The lowest BCUT2D eigenvalue weighted by atomic mass is 10.3. The van der Waals surface area contributed by atoms with Crippen LogP contribution in [0.3, 0.4) is 0 Å². The van der Waals surface area contributed by atoms with E-state index in [2.05, 4.69) is 4.72 Å². The Bertz CT molecular complexity index is 578. The van der Waals surface area contributed by atoms with Gasteiger partial charge in [0.2, 0.25) is 15.8 Å². The summed E-state index contributed by atoms with van der Waals surface area (Å²) in [5, 5.41) is 10.8. The molecule has 9 heteroatoms. The minimum atomic E-state index is -4.08. The van der Waals surface area contributed by atoms with Crippen molar-refractivity contribution in [2.24, 2.45) is 0 Å². The maximum atomic E-state index is 13.4. The van der Waals surface area contributed by atoms with Crippen molar-refractivity contribution >= 4 is 27.5 Å². The Morgan fingerprint density at radius 2 is 2.10 bits per heavy atom. The molecule has 0 saturated carbocycles. The largest absolute Gasteiger partial charge is 0.324 e. The minimum absolute atomic E-state index is 0.163. The van der Waals surface area contributed by atoms with E-state index in [0.29, 0.717) is 6.42 Å². The van der Waals surface area contributed by atoms with Crippen molar-refractivity contribution in [3.8, 4) is 0 Å². The Hall–Kier alpha value is -1.19. The van der Waals surface area contributed by atoms with Crippen LogP contribution >= 0.6 is 11.8 Å². The summed E-state index contributed by atoms with van der Waals surface area (Å²) in [7, 11) is -4.08. The predicted molar refractivity (Wildman–Crippen MR) is 75.9 cm³/mol. The van der Waals surface area contributed by atoms with Crippen LogP contribution in [0.2, 0.25) is 0 Å². The summed E-state index contributed by atoms with van der Waals surface area (Å²) in [6, 6.07) is 3.01. The molecule has 0 saturated heterocycles. The first kappa shape index (κ1) is 16.9. The van der Waals surface area contributed by atoms with Crippen molar-refractivity contribution in [3.05, 3.63) is 34.1 Å². The van der Waals surface area contributed by atoms with Crippen LogP contribution in [0, 0.1) is 15.9 Å². The van der Waals surface area contributed by atoms with E-state index in [9.17, 15) is 22.9 Å². The van der Waals surface area contributed by atoms with Crippen LogP contribution in [0.5, 0.6) is 0 Å². The molecule has 0 aliphatic rings. The minimum Gasteiger partial charge on any atom is -0.258 e. The molecule has 1 N–H and O–H groups in total. The van der Waals surface area contributed by atoms with Gasteiger partial charge in [-0.1, -0.05) is 6.07 Å². The number of para-hydroxylation sites is 1. The first-order valence-electron chi connectivity index (χ1n) is 5.81. The second-order valence-electron chi connectivity index (χ2n) is 3.94. The zero-order valence-corrected chi connectivity index (χ0v) is 12.5. The number of rotatable bonds is 8. The molecule has 0 atom stereocenters. The molecule has 0 aromatic heterocycles. The number of hydrogen-bond donors (Lipinski definition) is 1. The summed E-state index contributed by atoms with van der Waals surface area (Å²) in [6.45, 7) is 0.163. The van der Waals surface area contributed by atoms with E-state index in [0.717, 1.165) is 30.4 Å². The SMILES string of the molecule is CSCCCCNS(=O)(=O)c1cccc(F)c1[N+](=O)[O-]. The third kappa shape index (κ3) is 4.43. The molecule has 0 aliphatic heterocycles. The molecular weight excluding hydrogens is 307 g/mol. The van der Waals surface area contributed by atoms with Crippen LogP contribution in [-0.4, -0.2) is 31.9 Å². The van der Waals surface area contributed by atoms with Gasteiger partial charge in [0.05, 0.1) is 4.92 Å². The van der Waals surface area contributed by atoms with Gasteiger partial charge in [-0.25, -0.2) is 13.1 Å². The zero-order chi connectivity index (χ0) is 15.2. The average Bonchev–Trinajstić information content (AvgIpc) is 2.37. The lowest BCUT2D eigenvalue weighted by Crippen LogP contribution is -2.25. The Morgan fingerprint density at radius 1 is 1.40 bits per heavy atom. The number of thioether (sulfide) groups is 1. The molecule has 0 unspecified atom stereocenters. The number of nitrogens with zero attached hydrogens (tertiary/aromatic N) is 1. The molecule has 20 heavy (non-hydrogen) atoms. The Balaban J connectivity index is 2.88. The molecular formula is C11H15FN2O4S2. The summed E-state index contributed by atoms with van der Waals surface area (Å²) >= 11 is 1.65. The summed E-state index contributed by atoms with van der Waals surface area (Å²) in [5.74, 6) is -0.262. The summed E-state index contributed by atoms with van der Waals surface area (Å²) in [6.07, 6.45) is 3.39. The summed E-state index contributed by atoms with van der Waals surface area (Å²) in [4.78, 5) is 9.10. The fraction of sp³-hybridized carbons (Fsp3) is 0.455. The molecule has 0 amide bonds. The maximum absolute atomic E-state index is 13.4. The van der Waals surface area contributed by atoms with Crippen LogP contribution in [0.4, 0.5) is 10.1 Å². The highest BCUT2D eigenvalue weighted by Gasteiger charge is 2.28. The quantitative estimate of drug-likeness (QED) is 0.450. The van der Waals surface area contributed by atoms with Gasteiger partial charge in [0, 0.05) is 6.54 Å². The lowest BCUT2D eigenvalue weighted by molar-refractivity contribution is -0.390. The fourth-order valence-corrected chi connectivity index (χ4v) is 3.29. The second kappa shape index (κ2) is 7.55. The van der Waals surface area contributed by atoms with Gasteiger partial charge in [0.15, 0.2) is 4.90 Å². The number of unbranched alkanes of at least 4 members (excludes halogenated alkanes) is 1. The van der Waals surface area contributed by atoms with E-state index in [1.54, 1.807) is 11.8 Å². The maximum Gasteiger partial charge on any atom is 0.324 e. The van der Waals surface area contributed by atoms with Gasteiger partial charge in [-0.15, -0.1) is 0 Å². The lowest BCUT2D eigenvalue weighted by Gasteiger charge is -2.07. The van der Waals surface area contributed by atoms with Crippen molar-refractivity contribution in [1.29, 1.82) is 0 Å². The third-order valence-corrected chi connectivity index (χ3v) is 4.68. The zero-order valence-electron chi connectivity index (χ0n) is 10.8.